The molecule has 2 fully saturated rings. The van der Waals surface area contributed by atoms with Crippen molar-refractivity contribution in [3.8, 4) is 0 Å². The number of hydrogen-bond acceptors (Lipinski definition) is 5. The van der Waals surface area contributed by atoms with Crippen molar-refractivity contribution >= 4 is 0 Å². The quantitative estimate of drug-likeness (QED) is 0.548. The monoisotopic (exact) mass is 431 g/mol. The van der Waals surface area contributed by atoms with Crippen molar-refractivity contribution in [1.82, 2.24) is 5.48 Å². The molecule has 1 saturated carbocycles. The first-order valence-electron chi connectivity index (χ1n) is 11.2. The van der Waals surface area contributed by atoms with Crippen LogP contribution >= 0.6 is 0 Å². The van der Waals surface area contributed by atoms with Crippen LogP contribution in [0, 0.1) is 5.92 Å². The Morgan fingerprint density at radius 3 is 1.53 bits per heavy atom. The van der Waals surface area contributed by atoms with Gasteiger partial charge in [-0.05, 0) is 16.7 Å². The van der Waals surface area contributed by atoms with Crippen LogP contribution in [0.4, 0.5) is 0 Å². The van der Waals surface area contributed by atoms with Gasteiger partial charge in [0, 0.05) is 5.92 Å². The highest BCUT2D eigenvalue weighted by Crippen LogP contribution is 2.38. The van der Waals surface area contributed by atoms with Crippen LogP contribution in [0.25, 0.3) is 0 Å². The van der Waals surface area contributed by atoms with Crippen LogP contribution in [0.1, 0.15) is 16.7 Å². The van der Waals surface area contributed by atoms with Crippen molar-refractivity contribution in [3.05, 3.63) is 108 Å². The van der Waals surface area contributed by atoms with Crippen molar-refractivity contribution in [1.29, 1.82) is 0 Å². The summed E-state index contributed by atoms with van der Waals surface area (Å²) >= 11 is 0. The molecule has 5 rings (SSSR count). The normalized spacial score (nSPS) is 26.8. The van der Waals surface area contributed by atoms with E-state index < -0.39 is 0 Å². The topological polar surface area (TPSA) is 49.0 Å². The number of nitrogens with one attached hydrogen (secondary N) is 1. The van der Waals surface area contributed by atoms with Gasteiger partial charge < -0.3 is 19.0 Å². The molecule has 5 atom stereocenters. The number of rotatable bonds is 9. The maximum absolute atomic E-state index is 6.48. The van der Waals surface area contributed by atoms with Crippen LogP contribution in [0.15, 0.2) is 91.0 Å². The van der Waals surface area contributed by atoms with E-state index in [9.17, 15) is 0 Å². The molecule has 1 heterocycles. The molecule has 0 bridgehead atoms. The SMILES string of the molecule is c1ccc(CO[C@H]2[C@H](OCc3ccccc3)[C@@H]3CON[C@@H]3[C@@H]2OCc2ccccc2)cc1. The van der Waals surface area contributed by atoms with Crippen LogP contribution in [0.3, 0.4) is 0 Å². The van der Waals surface area contributed by atoms with Crippen molar-refractivity contribution in [2.75, 3.05) is 6.61 Å². The number of fused-ring (bicyclic) bond motifs is 1. The standard InChI is InChI=1S/C27H29NO4/c1-4-10-20(11-5-1)16-29-25-23-19-32-28-24(23)26(30-17-21-12-6-2-7-13-21)27(25)31-18-22-14-8-3-9-15-22/h1-15,23-28H,16-19H2/t23-,24+,25-,26+,27+/m1/s1. The summed E-state index contributed by atoms with van der Waals surface area (Å²) in [6.07, 6.45) is -0.499. The van der Waals surface area contributed by atoms with Gasteiger partial charge in [0.15, 0.2) is 0 Å². The van der Waals surface area contributed by atoms with Gasteiger partial charge in [-0.15, -0.1) is 0 Å². The zero-order valence-electron chi connectivity index (χ0n) is 18.0. The summed E-state index contributed by atoms with van der Waals surface area (Å²) in [7, 11) is 0. The van der Waals surface area contributed by atoms with Gasteiger partial charge in [-0.1, -0.05) is 91.0 Å². The first-order valence-corrected chi connectivity index (χ1v) is 11.2. The van der Waals surface area contributed by atoms with Gasteiger partial charge in [0.2, 0.25) is 0 Å². The zero-order valence-corrected chi connectivity index (χ0v) is 18.0. The van der Waals surface area contributed by atoms with Crippen LogP contribution in [-0.4, -0.2) is 31.0 Å². The van der Waals surface area contributed by atoms with E-state index in [1.807, 2.05) is 54.6 Å². The molecule has 0 amide bonds. The first-order chi connectivity index (χ1) is 15.9. The summed E-state index contributed by atoms with van der Waals surface area (Å²) < 4.78 is 19.4. The van der Waals surface area contributed by atoms with Crippen molar-refractivity contribution in [2.45, 2.75) is 44.2 Å². The summed E-state index contributed by atoms with van der Waals surface area (Å²) in [6.45, 7) is 2.15. The minimum atomic E-state index is -0.200. The number of ether oxygens (including phenoxy) is 3. The predicted molar refractivity (Wildman–Crippen MR) is 121 cm³/mol. The molecule has 32 heavy (non-hydrogen) atoms. The molecule has 1 aliphatic heterocycles. The molecular weight excluding hydrogens is 402 g/mol. The van der Waals surface area contributed by atoms with Crippen LogP contribution in [-0.2, 0) is 38.9 Å². The highest BCUT2D eigenvalue weighted by atomic mass is 16.7. The molecular formula is C27H29NO4. The van der Waals surface area contributed by atoms with E-state index in [0.717, 1.165) is 16.7 Å². The van der Waals surface area contributed by atoms with E-state index in [2.05, 4.69) is 41.9 Å². The van der Waals surface area contributed by atoms with Crippen molar-refractivity contribution < 1.29 is 19.0 Å². The van der Waals surface area contributed by atoms with Gasteiger partial charge in [-0.2, -0.15) is 5.48 Å². The summed E-state index contributed by atoms with van der Waals surface area (Å²) in [5.74, 6) is 0.167. The van der Waals surface area contributed by atoms with Crippen LogP contribution in [0.5, 0.6) is 0 Å². The van der Waals surface area contributed by atoms with E-state index in [1.54, 1.807) is 0 Å². The summed E-state index contributed by atoms with van der Waals surface area (Å²) in [4.78, 5) is 5.62. The molecule has 0 spiro atoms. The lowest BCUT2D eigenvalue weighted by Gasteiger charge is -2.28. The number of benzene rings is 3. The molecule has 1 N–H and O–H groups in total. The molecule has 0 radical (unpaired) electrons. The number of hydroxylamine groups is 1. The van der Waals surface area contributed by atoms with E-state index in [1.165, 1.54) is 0 Å². The third-order valence-electron chi connectivity index (χ3n) is 6.24. The third-order valence-corrected chi connectivity index (χ3v) is 6.24. The molecule has 1 saturated heterocycles. The second-order valence-corrected chi connectivity index (χ2v) is 8.40. The Kier molecular flexibility index (Phi) is 6.92. The Morgan fingerprint density at radius 2 is 1.03 bits per heavy atom. The fourth-order valence-corrected chi connectivity index (χ4v) is 4.58. The molecule has 166 valence electrons. The fourth-order valence-electron chi connectivity index (χ4n) is 4.58. The Labute approximate surface area is 189 Å². The maximum atomic E-state index is 6.48. The smallest absolute Gasteiger partial charge is 0.112 e. The van der Waals surface area contributed by atoms with Crippen LogP contribution < -0.4 is 5.48 Å². The lowest BCUT2D eigenvalue weighted by molar-refractivity contribution is -0.140. The Bertz CT molecular complexity index is 896. The molecule has 0 aromatic heterocycles. The van der Waals surface area contributed by atoms with E-state index in [-0.39, 0.29) is 30.3 Å². The second kappa shape index (κ2) is 10.4. The first kappa shape index (κ1) is 21.3. The van der Waals surface area contributed by atoms with Crippen LogP contribution in [0.2, 0.25) is 0 Å². The molecule has 0 unspecified atom stereocenters. The highest BCUT2D eigenvalue weighted by molar-refractivity contribution is 5.16. The van der Waals surface area contributed by atoms with Gasteiger partial charge in [0.1, 0.15) is 12.2 Å². The van der Waals surface area contributed by atoms with Gasteiger partial charge in [0.05, 0.1) is 38.6 Å². The molecule has 3 aromatic carbocycles. The van der Waals surface area contributed by atoms with Crippen molar-refractivity contribution in [2.24, 2.45) is 5.92 Å². The van der Waals surface area contributed by atoms with Gasteiger partial charge in [-0.25, -0.2) is 0 Å². The minimum absolute atomic E-state index is 0.0280. The van der Waals surface area contributed by atoms with Gasteiger partial charge in [0.25, 0.3) is 0 Å². The van der Waals surface area contributed by atoms with Gasteiger partial charge in [-0.3, -0.25) is 0 Å². The molecule has 5 heteroatoms. The Morgan fingerprint density at radius 1 is 0.594 bits per heavy atom. The third kappa shape index (κ3) is 4.93. The largest absolute Gasteiger partial charge is 0.370 e. The van der Waals surface area contributed by atoms with E-state index in [4.69, 9.17) is 19.0 Å². The number of hydrogen-bond donors (Lipinski definition) is 1. The average Bonchev–Trinajstić information content (AvgIpc) is 3.43. The van der Waals surface area contributed by atoms with Gasteiger partial charge >= 0.3 is 0 Å². The summed E-state index contributed by atoms with van der Waals surface area (Å²) in [5, 5.41) is 0. The minimum Gasteiger partial charge on any atom is -0.370 e. The lowest BCUT2D eigenvalue weighted by atomic mass is 10.0. The van der Waals surface area contributed by atoms with E-state index >= 15 is 0 Å². The second-order valence-electron chi connectivity index (χ2n) is 8.40. The molecule has 5 nitrogen and oxygen atoms in total. The van der Waals surface area contributed by atoms with Crippen molar-refractivity contribution in [3.63, 3.8) is 0 Å². The fraction of sp³-hybridized carbons (Fsp3) is 0.333. The Hall–Kier alpha value is -2.54. The van der Waals surface area contributed by atoms with E-state index in [0.29, 0.717) is 26.4 Å². The summed E-state index contributed by atoms with van der Waals surface area (Å²) in [6, 6.07) is 30.7. The molecule has 3 aromatic rings. The lowest BCUT2D eigenvalue weighted by Crippen LogP contribution is -2.42. The zero-order chi connectivity index (χ0) is 21.6. The molecule has 1 aliphatic carbocycles. The Balaban J connectivity index is 1.33. The predicted octanol–water partition coefficient (Wildman–Crippen LogP) is 4.28. The maximum Gasteiger partial charge on any atom is 0.112 e. The highest BCUT2D eigenvalue weighted by Gasteiger charge is 2.55. The average molecular weight is 432 g/mol. The summed E-state index contributed by atoms with van der Waals surface area (Å²) in [5.41, 5.74) is 6.59. The molecule has 2 aliphatic rings.